The van der Waals surface area contributed by atoms with Crippen LogP contribution in [0.1, 0.15) is 0 Å². The Morgan fingerprint density at radius 1 is 0.857 bits per heavy atom. The van der Waals surface area contributed by atoms with Crippen LogP contribution in [0, 0.1) is 0 Å². The van der Waals surface area contributed by atoms with E-state index < -0.39 is 30.5 Å². The van der Waals surface area contributed by atoms with Crippen LogP contribution in [0.4, 0.5) is 9.59 Å². The molecule has 0 heterocycles. The third-order valence-electron chi connectivity index (χ3n) is 1.74. The molecule has 0 aromatic heterocycles. The average molecular weight is 443 g/mol. The predicted molar refractivity (Wildman–Crippen MR) is 86.8 cm³/mol. The second-order valence-corrected chi connectivity index (χ2v) is 9.20. The lowest BCUT2D eigenvalue weighted by Crippen LogP contribution is -2.48. The summed E-state index contributed by atoms with van der Waals surface area (Å²) < 4.78 is 4.86. The number of nitrogens with one attached hydrogen (secondary N) is 2. The van der Waals surface area contributed by atoms with Crippen LogP contribution in [-0.2, 0) is 9.47 Å². The van der Waals surface area contributed by atoms with Crippen LogP contribution in [0.15, 0.2) is 0 Å². The summed E-state index contributed by atoms with van der Waals surface area (Å²) in [6, 6.07) is 0. The van der Waals surface area contributed by atoms with Crippen molar-refractivity contribution < 1.29 is 19.1 Å². The van der Waals surface area contributed by atoms with E-state index in [1.807, 2.05) is 0 Å². The molecule has 0 aliphatic rings. The maximum atomic E-state index is 11.2. The number of ether oxygens (including phenoxy) is 2. The highest BCUT2D eigenvalue weighted by Gasteiger charge is 2.43. The summed E-state index contributed by atoms with van der Waals surface area (Å²) in [7, 11) is 2.24. The predicted octanol–water partition coefficient (Wildman–Crippen LogP) is 3.82. The molecule has 2 N–H and O–H groups in total. The fourth-order valence-electron chi connectivity index (χ4n) is 0.854. The van der Waals surface area contributed by atoms with Gasteiger partial charge in [-0.25, -0.2) is 9.59 Å². The molecule has 0 saturated heterocycles. The molecule has 0 aliphatic carbocycles. The summed E-state index contributed by atoms with van der Waals surface area (Å²) in [4.78, 5) is 22.5. The van der Waals surface area contributed by atoms with Crippen LogP contribution in [0.25, 0.3) is 0 Å². The number of hydrogen-bond acceptors (Lipinski definition) is 5. The number of carbonyl (C=O) groups is 2. The highest BCUT2D eigenvalue weighted by molar-refractivity contribution is 8.01. The first-order valence-corrected chi connectivity index (χ1v) is 8.10. The van der Waals surface area contributed by atoms with Gasteiger partial charge in [0.15, 0.2) is 0 Å². The van der Waals surface area contributed by atoms with Crippen LogP contribution in [0.3, 0.4) is 0 Å². The fourth-order valence-corrected chi connectivity index (χ4v) is 3.02. The largest absolute Gasteiger partial charge is 0.453 e. The number of carbonyl (C=O) groups excluding carboxylic acids is 2. The first kappa shape index (κ1) is 21.6. The fraction of sp³-hybridized carbons (Fsp3) is 0.750. The molecule has 0 aromatic rings. The standard InChI is InChI=1S/C8H10Cl6N2O4S/c1-19-5(17)15-3(7(9,10)11)21-4(8(12,13)14)16-6(18)20-2/h3-4H,1-2H3,(H,15,17)(H,16,18). The summed E-state index contributed by atoms with van der Waals surface area (Å²) in [5, 5.41) is 2.10. The van der Waals surface area contributed by atoms with Gasteiger partial charge in [0, 0.05) is 0 Å². The zero-order valence-corrected chi connectivity index (χ0v) is 15.8. The number of hydrogen-bond donors (Lipinski definition) is 2. The van der Waals surface area contributed by atoms with Crippen molar-refractivity contribution in [2.75, 3.05) is 14.2 Å². The van der Waals surface area contributed by atoms with Gasteiger partial charge in [0.25, 0.3) is 0 Å². The molecule has 0 bridgehead atoms. The maximum absolute atomic E-state index is 11.2. The van der Waals surface area contributed by atoms with Gasteiger partial charge < -0.3 is 20.1 Å². The van der Waals surface area contributed by atoms with Crippen molar-refractivity contribution in [3.05, 3.63) is 0 Å². The summed E-state index contributed by atoms with van der Waals surface area (Å²) >= 11 is 35.1. The van der Waals surface area contributed by atoms with Crippen LogP contribution < -0.4 is 10.6 Å². The van der Waals surface area contributed by atoms with Gasteiger partial charge >= 0.3 is 12.2 Å². The molecule has 13 heteroatoms. The summed E-state index contributed by atoms with van der Waals surface area (Å²) in [5.41, 5.74) is 0. The zero-order chi connectivity index (χ0) is 16.8. The lowest BCUT2D eigenvalue weighted by Gasteiger charge is -2.31. The van der Waals surface area contributed by atoms with Crippen molar-refractivity contribution in [2.24, 2.45) is 0 Å². The van der Waals surface area contributed by atoms with Gasteiger partial charge in [0.05, 0.1) is 14.2 Å². The molecule has 2 amide bonds. The molecule has 0 spiro atoms. The topological polar surface area (TPSA) is 76.7 Å². The summed E-state index contributed by atoms with van der Waals surface area (Å²) in [6.45, 7) is 0. The van der Waals surface area contributed by atoms with E-state index in [-0.39, 0.29) is 0 Å². The molecule has 6 nitrogen and oxygen atoms in total. The quantitative estimate of drug-likeness (QED) is 0.511. The Morgan fingerprint density at radius 3 is 1.33 bits per heavy atom. The van der Waals surface area contributed by atoms with Crippen molar-refractivity contribution in [3.8, 4) is 0 Å². The molecule has 0 radical (unpaired) electrons. The molecule has 0 rings (SSSR count). The normalized spacial score (nSPS) is 14.9. The van der Waals surface area contributed by atoms with Crippen molar-refractivity contribution in [1.29, 1.82) is 0 Å². The van der Waals surface area contributed by atoms with Crippen LogP contribution >= 0.6 is 81.4 Å². The monoisotopic (exact) mass is 440 g/mol. The third-order valence-corrected chi connectivity index (χ3v) is 5.31. The molecule has 0 aromatic carbocycles. The highest BCUT2D eigenvalue weighted by atomic mass is 35.6. The van der Waals surface area contributed by atoms with E-state index in [4.69, 9.17) is 69.6 Å². The van der Waals surface area contributed by atoms with Gasteiger partial charge in [-0.1, -0.05) is 69.6 Å². The highest BCUT2D eigenvalue weighted by Crippen LogP contribution is 2.43. The van der Waals surface area contributed by atoms with E-state index in [9.17, 15) is 9.59 Å². The van der Waals surface area contributed by atoms with Crippen LogP contribution in [0.2, 0.25) is 0 Å². The van der Waals surface area contributed by atoms with Gasteiger partial charge in [-0.3, -0.25) is 0 Å². The van der Waals surface area contributed by atoms with Crippen LogP contribution in [-0.4, -0.2) is 44.7 Å². The lowest BCUT2D eigenvalue weighted by atomic mass is 10.7. The van der Waals surface area contributed by atoms with Crippen molar-refractivity contribution in [1.82, 2.24) is 10.6 Å². The Morgan fingerprint density at radius 2 is 1.14 bits per heavy atom. The summed E-state index contributed by atoms with van der Waals surface area (Å²) in [6.07, 6.45) is -1.75. The van der Waals surface area contributed by atoms with E-state index in [1.165, 1.54) is 0 Å². The number of alkyl halides is 6. The lowest BCUT2D eigenvalue weighted by molar-refractivity contribution is 0.170. The Balaban J connectivity index is 5.12. The Hall–Kier alpha value is 0.630. The van der Waals surface area contributed by atoms with E-state index in [0.29, 0.717) is 11.8 Å². The molecule has 21 heavy (non-hydrogen) atoms. The average Bonchev–Trinajstić information content (AvgIpc) is 2.33. The minimum Gasteiger partial charge on any atom is -0.453 e. The Kier molecular flexibility index (Phi) is 9.33. The van der Waals surface area contributed by atoms with E-state index in [0.717, 1.165) is 14.2 Å². The summed E-state index contributed by atoms with van der Waals surface area (Å²) in [5.74, 6) is 0. The van der Waals surface area contributed by atoms with Gasteiger partial charge in [-0.05, 0) is 0 Å². The van der Waals surface area contributed by atoms with Gasteiger partial charge in [-0.15, -0.1) is 11.8 Å². The molecule has 124 valence electrons. The van der Waals surface area contributed by atoms with Crippen molar-refractivity contribution >= 4 is 93.6 Å². The van der Waals surface area contributed by atoms with Gasteiger partial charge in [0.1, 0.15) is 10.7 Å². The zero-order valence-electron chi connectivity index (χ0n) is 10.5. The molecule has 0 aliphatic heterocycles. The number of rotatable bonds is 4. The van der Waals surface area contributed by atoms with Crippen LogP contribution in [0.5, 0.6) is 0 Å². The third kappa shape index (κ3) is 8.74. The van der Waals surface area contributed by atoms with Crippen molar-refractivity contribution in [2.45, 2.75) is 18.3 Å². The molecule has 2 atom stereocenters. The minimum atomic E-state index is -1.97. The number of halogens is 6. The maximum Gasteiger partial charge on any atom is 0.407 e. The number of alkyl carbamates (subject to hydrolysis) is 2. The molecule has 2 unspecified atom stereocenters. The Bertz CT molecular complexity index is 341. The first-order valence-electron chi connectivity index (χ1n) is 4.89. The SMILES string of the molecule is COC(=O)NC(SC(NC(=O)OC)C(Cl)(Cl)Cl)C(Cl)(Cl)Cl. The molecular weight excluding hydrogens is 433 g/mol. The molecule has 0 saturated carbocycles. The van der Waals surface area contributed by atoms with E-state index >= 15 is 0 Å². The van der Waals surface area contributed by atoms with Gasteiger partial charge in [-0.2, -0.15) is 0 Å². The molecule has 0 fully saturated rings. The van der Waals surface area contributed by atoms with Crippen molar-refractivity contribution in [3.63, 3.8) is 0 Å². The number of methoxy groups -OCH3 is 2. The second-order valence-electron chi connectivity index (χ2n) is 3.25. The second kappa shape index (κ2) is 9.05. The first-order chi connectivity index (χ1) is 9.41. The van der Waals surface area contributed by atoms with E-state index in [1.54, 1.807) is 0 Å². The smallest absolute Gasteiger partial charge is 0.407 e. The number of amides is 2. The number of thioether (sulfide) groups is 1. The van der Waals surface area contributed by atoms with Gasteiger partial charge in [0.2, 0.25) is 7.59 Å². The Labute approximate surface area is 155 Å². The van der Waals surface area contributed by atoms with E-state index in [2.05, 4.69) is 20.1 Å². The minimum absolute atomic E-state index is 0.676. The molecular formula is C8H10Cl6N2O4S.